The molecule has 0 radical (unpaired) electrons. The maximum Gasteiger partial charge on any atom is 0.0395 e. The predicted molar refractivity (Wildman–Crippen MR) is 95.0 cm³/mol. The Hall–Kier alpha value is -2.38. The van der Waals surface area contributed by atoms with Crippen molar-refractivity contribution >= 4 is 0 Å². The molecule has 1 heterocycles. The van der Waals surface area contributed by atoms with Crippen LogP contribution in [0.25, 0.3) is 0 Å². The Kier molecular flexibility index (Phi) is 3.95. The summed E-state index contributed by atoms with van der Waals surface area (Å²) in [5, 5.41) is 0. The molecular weight excluding hydrogens is 278 g/mol. The zero-order chi connectivity index (χ0) is 15.5. The summed E-state index contributed by atoms with van der Waals surface area (Å²) in [7, 11) is 0. The first-order chi connectivity index (χ1) is 11.4. The molecule has 0 N–H and O–H groups in total. The minimum atomic E-state index is 0.422. The lowest BCUT2D eigenvalue weighted by Crippen LogP contribution is -2.25. The molecule has 4 rings (SSSR count). The van der Waals surface area contributed by atoms with E-state index < -0.39 is 0 Å². The van der Waals surface area contributed by atoms with Crippen molar-refractivity contribution in [2.45, 2.75) is 25.6 Å². The molecule has 114 valence electrons. The molecule has 0 amide bonds. The van der Waals surface area contributed by atoms with E-state index in [0.717, 1.165) is 19.5 Å². The van der Waals surface area contributed by atoms with Gasteiger partial charge in [0.05, 0.1) is 0 Å². The third kappa shape index (κ3) is 3.06. The van der Waals surface area contributed by atoms with Gasteiger partial charge in [0, 0.05) is 19.1 Å². The average Bonchev–Trinajstić information content (AvgIpc) is 3.05. The van der Waals surface area contributed by atoms with Crippen LogP contribution >= 0.6 is 0 Å². The predicted octanol–water partition coefficient (Wildman–Crippen LogP) is 4.99. The molecule has 3 aromatic rings. The highest BCUT2D eigenvalue weighted by atomic mass is 15.2. The Morgan fingerprint density at radius 1 is 0.652 bits per heavy atom. The third-order valence-corrected chi connectivity index (χ3v) is 4.76. The fraction of sp³-hybridized carbons (Fsp3) is 0.182. The molecule has 0 saturated carbocycles. The van der Waals surface area contributed by atoms with Crippen LogP contribution in [0.15, 0.2) is 84.9 Å². The Labute approximate surface area is 138 Å². The second-order valence-corrected chi connectivity index (χ2v) is 6.29. The summed E-state index contributed by atoms with van der Waals surface area (Å²) in [4.78, 5) is 2.60. The van der Waals surface area contributed by atoms with E-state index in [2.05, 4.69) is 89.8 Å². The summed E-state index contributed by atoms with van der Waals surface area (Å²) in [6.07, 6.45) is 1.05. The zero-order valence-corrected chi connectivity index (χ0v) is 13.2. The monoisotopic (exact) mass is 299 g/mol. The van der Waals surface area contributed by atoms with Gasteiger partial charge in [0.25, 0.3) is 0 Å². The van der Waals surface area contributed by atoms with Gasteiger partial charge in [-0.1, -0.05) is 84.9 Å². The van der Waals surface area contributed by atoms with Crippen LogP contribution in [0.2, 0.25) is 0 Å². The summed E-state index contributed by atoms with van der Waals surface area (Å²) >= 11 is 0. The Morgan fingerprint density at radius 3 is 1.78 bits per heavy atom. The summed E-state index contributed by atoms with van der Waals surface area (Å²) < 4.78 is 0. The lowest BCUT2D eigenvalue weighted by molar-refractivity contribution is 0.199. The van der Waals surface area contributed by atoms with Crippen LogP contribution in [0.1, 0.15) is 28.3 Å². The van der Waals surface area contributed by atoms with Crippen molar-refractivity contribution in [3.05, 3.63) is 107 Å². The van der Waals surface area contributed by atoms with Gasteiger partial charge in [0.1, 0.15) is 0 Å². The summed E-state index contributed by atoms with van der Waals surface area (Å²) in [6, 6.07) is 31.0. The van der Waals surface area contributed by atoms with Crippen LogP contribution < -0.4 is 0 Å². The van der Waals surface area contributed by atoms with Crippen LogP contribution in [0.3, 0.4) is 0 Å². The Morgan fingerprint density at radius 2 is 1.17 bits per heavy atom. The molecule has 0 bridgehead atoms. The maximum absolute atomic E-state index is 2.60. The minimum Gasteiger partial charge on any atom is -0.287 e. The smallest absolute Gasteiger partial charge is 0.0395 e. The molecule has 1 heteroatoms. The van der Waals surface area contributed by atoms with Crippen molar-refractivity contribution in [1.29, 1.82) is 0 Å². The van der Waals surface area contributed by atoms with Gasteiger partial charge in [-0.25, -0.2) is 0 Å². The Bertz CT molecular complexity index is 739. The van der Waals surface area contributed by atoms with Crippen LogP contribution in [0.5, 0.6) is 0 Å². The molecule has 0 fully saturated rings. The maximum atomic E-state index is 2.60. The number of hydrogen-bond donors (Lipinski definition) is 0. The first-order valence-electron chi connectivity index (χ1n) is 8.30. The molecule has 0 aliphatic carbocycles. The first kappa shape index (κ1) is 14.2. The van der Waals surface area contributed by atoms with Gasteiger partial charge in [-0.2, -0.15) is 0 Å². The summed E-state index contributed by atoms with van der Waals surface area (Å²) in [5.41, 5.74) is 5.75. The molecule has 1 atom stereocenters. The van der Waals surface area contributed by atoms with Gasteiger partial charge in [-0.3, -0.25) is 4.90 Å². The van der Waals surface area contributed by atoms with Crippen LogP contribution in [0.4, 0.5) is 0 Å². The molecule has 0 aromatic heterocycles. The van der Waals surface area contributed by atoms with Crippen LogP contribution in [-0.4, -0.2) is 4.90 Å². The number of hydrogen-bond acceptors (Lipinski definition) is 1. The lowest BCUT2D eigenvalue weighted by atomic mass is 9.97. The summed E-state index contributed by atoms with van der Waals surface area (Å²) in [6.45, 7) is 2.09. The van der Waals surface area contributed by atoms with E-state index >= 15 is 0 Å². The number of benzene rings is 3. The fourth-order valence-corrected chi connectivity index (χ4v) is 3.55. The third-order valence-electron chi connectivity index (χ3n) is 4.76. The van der Waals surface area contributed by atoms with Gasteiger partial charge >= 0.3 is 0 Å². The number of nitrogens with zero attached hydrogens (tertiary/aromatic N) is 1. The van der Waals surface area contributed by atoms with E-state index in [4.69, 9.17) is 0 Å². The number of rotatable bonds is 4. The van der Waals surface area contributed by atoms with Crippen molar-refractivity contribution in [1.82, 2.24) is 4.90 Å². The van der Waals surface area contributed by atoms with E-state index in [1.54, 1.807) is 0 Å². The van der Waals surface area contributed by atoms with Crippen molar-refractivity contribution in [2.75, 3.05) is 0 Å². The van der Waals surface area contributed by atoms with Gasteiger partial charge in [0.15, 0.2) is 0 Å². The largest absolute Gasteiger partial charge is 0.287 e. The second kappa shape index (κ2) is 6.39. The molecule has 0 saturated heterocycles. The second-order valence-electron chi connectivity index (χ2n) is 6.29. The number of fused-ring (bicyclic) bond motifs is 1. The minimum absolute atomic E-state index is 0.422. The SMILES string of the molecule is c1ccc(CC(c2ccccc2)N2Cc3ccccc3C2)cc1. The summed E-state index contributed by atoms with van der Waals surface area (Å²) in [5.74, 6) is 0. The molecule has 3 aromatic carbocycles. The average molecular weight is 299 g/mol. The molecular formula is C22H21N. The lowest BCUT2D eigenvalue weighted by Gasteiger charge is -2.28. The van der Waals surface area contributed by atoms with Crippen molar-refractivity contribution in [3.63, 3.8) is 0 Å². The topological polar surface area (TPSA) is 3.24 Å². The molecule has 23 heavy (non-hydrogen) atoms. The van der Waals surface area contributed by atoms with E-state index in [0.29, 0.717) is 6.04 Å². The van der Waals surface area contributed by atoms with E-state index in [1.807, 2.05) is 0 Å². The van der Waals surface area contributed by atoms with Gasteiger partial charge < -0.3 is 0 Å². The van der Waals surface area contributed by atoms with E-state index in [1.165, 1.54) is 22.3 Å². The Balaban J connectivity index is 1.64. The van der Waals surface area contributed by atoms with E-state index in [9.17, 15) is 0 Å². The van der Waals surface area contributed by atoms with Gasteiger partial charge in [0.2, 0.25) is 0 Å². The first-order valence-corrected chi connectivity index (χ1v) is 8.30. The van der Waals surface area contributed by atoms with Crippen LogP contribution in [-0.2, 0) is 19.5 Å². The van der Waals surface area contributed by atoms with Crippen molar-refractivity contribution < 1.29 is 0 Å². The van der Waals surface area contributed by atoms with Crippen LogP contribution in [0, 0.1) is 0 Å². The van der Waals surface area contributed by atoms with Crippen molar-refractivity contribution in [2.24, 2.45) is 0 Å². The van der Waals surface area contributed by atoms with Crippen molar-refractivity contribution in [3.8, 4) is 0 Å². The molecule has 1 unspecified atom stereocenters. The molecule has 1 nitrogen and oxygen atoms in total. The quantitative estimate of drug-likeness (QED) is 0.656. The highest BCUT2D eigenvalue weighted by Crippen LogP contribution is 2.33. The van der Waals surface area contributed by atoms with Gasteiger partial charge in [-0.15, -0.1) is 0 Å². The van der Waals surface area contributed by atoms with Gasteiger partial charge in [-0.05, 0) is 28.7 Å². The zero-order valence-electron chi connectivity index (χ0n) is 13.2. The fourth-order valence-electron chi connectivity index (χ4n) is 3.55. The highest BCUT2D eigenvalue weighted by molar-refractivity contribution is 5.32. The molecule has 1 aliphatic rings. The normalized spacial score (nSPS) is 15.3. The highest BCUT2D eigenvalue weighted by Gasteiger charge is 2.26. The standard InChI is InChI=1S/C22H21N/c1-3-9-18(10-4-1)15-22(19-11-5-2-6-12-19)23-16-20-13-7-8-14-21(20)17-23/h1-14,22H,15-17H2. The van der Waals surface area contributed by atoms with E-state index in [-0.39, 0.29) is 0 Å². The molecule has 0 spiro atoms. The molecule has 1 aliphatic heterocycles.